The molecule has 4 nitrogen and oxygen atoms in total. The first kappa shape index (κ1) is 20.3. The lowest BCUT2D eigenvalue weighted by Crippen LogP contribution is -2.27. The van der Waals surface area contributed by atoms with Crippen LogP contribution in [0.15, 0.2) is 40.5 Å². The van der Waals surface area contributed by atoms with Crippen LogP contribution >= 0.6 is 11.3 Å². The van der Waals surface area contributed by atoms with Gasteiger partial charge in [-0.2, -0.15) is 0 Å². The Bertz CT molecular complexity index is 852. The second-order valence-corrected chi connectivity index (χ2v) is 7.38. The second-order valence-electron chi connectivity index (χ2n) is 6.46. The van der Waals surface area contributed by atoms with Gasteiger partial charge in [0.1, 0.15) is 10.5 Å². The predicted molar refractivity (Wildman–Crippen MR) is 112 cm³/mol. The van der Waals surface area contributed by atoms with Gasteiger partial charge in [-0.3, -0.25) is 9.69 Å². The molecule has 0 unspecified atom stereocenters. The van der Waals surface area contributed by atoms with E-state index in [1.54, 1.807) is 0 Å². The molecule has 2 aromatic heterocycles. The number of fused-ring (bicyclic) bond motifs is 1. The molecule has 140 valence electrons. The van der Waals surface area contributed by atoms with Gasteiger partial charge < -0.3 is 4.98 Å². The van der Waals surface area contributed by atoms with Crippen LogP contribution < -0.4 is 5.56 Å². The van der Waals surface area contributed by atoms with Gasteiger partial charge in [-0.1, -0.05) is 57.0 Å². The van der Waals surface area contributed by atoms with Crippen LogP contribution in [0.3, 0.4) is 0 Å². The highest BCUT2D eigenvalue weighted by Gasteiger charge is 2.09. The predicted octanol–water partition coefficient (Wildman–Crippen LogP) is 4.77. The van der Waals surface area contributed by atoms with E-state index in [1.807, 2.05) is 11.4 Å². The summed E-state index contributed by atoms with van der Waals surface area (Å²) in [5, 5.41) is 1.91. The maximum absolute atomic E-state index is 12.0. The van der Waals surface area contributed by atoms with E-state index in [2.05, 4.69) is 66.8 Å². The van der Waals surface area contributed by atoms with E-state index >= 15 is 0 Å². The Labute approximate surface area is 159 Å². The molecule has 1 aromatic carbocycles. The average molecular weight is 372 g/mol. The average Bonchev–Trinajstić information content (AvgIpc) is 3.10. The van der Waals surface area contributed by atoms with Crippen molar-refractivity contribution >= 4 is 21.6 Å². The summed E-state index contributed by atoms with van der Waals surface area (Å²) in [5.74, 6) is 0.742. The topological polar surface area (TPSA) is 49.0 Å². The Kier molecular flexibility index (Phi) is 8.01. The molecular weight excluding hydrogens is 342 g/mol. The Morgan fingerprint density at radius 3 is 2.46 bits per heavy atom. The highest BCUT2D eigenvalue weighted by molar-refractivity contribution is 7.17. The zero-order valence-electron chi connectivity index (χ0n) is 16.2. The monoisotopic (exact) mass is 371 g/mol. The van der Waals surface area contributed by atoms with E-state index in [0.717, 1.165) is 30.9 Å². The number of rotatable bonds is 6. The van der Waals surface area contributed by atoms with Crippen LogP contribution in [0.5, 0.6) is 0 Å². The number of nitrogens with one attached hydrogen (secondary N) is 1. The zero-order chi connectivity index (χ0) is 18.9. The summed E-state index contributed by atoms with van der Waals surface area (Å²) in [6, 6.07) is 10.6. The van der Waals surface area contributed by atoms with Crippen molar-refractivity contribution in [1.29, 1.82) is 0 Å². The Morgan fingerprint density at radius 2 is 1.81 bits per heavy atom. The molecule has 3 rings (SSSR count). The van der Waals surface area contributed by atoms with Crippen molar-refractivity contribution in [1.82, 2.24) is 14.9 Å². The summed E-state index contributed by atoms with van der Waals surface area (Å²) in [7, 11) is 0. The van der Waals surface area contributed by atoms with Crippen LogP contribution in [-0.2, 0) is 13.0 Å². The molecule has 0 aliphatic carbocycles. The molecule has 2 heterocycles. The van der Waals surface area contributed by atoms with Crippen LogP contribution in [0, 0.1) is 6.92 Å². The lowest BCUT2D eigenvalue weighted by Gasteiger charge is -2.19. The SMILES string of the molecule is CCC.CCN(CCc1ccc(C)cc1)Cc1nc2ccsc2c(=O)[nH]1. The van der Waals surface area contributed by atoms with Crippen LogP contribution in [0.4, 0.5) is 0 Å². The number of nitrogens with zero attached hydrogens (tertiary/aromatic N) is 2. The molecule has 0 aliphatic rings. The van der Waals surface area contributed by atoms with Gasteiger partial charge in [0.2, 0.25) is 0 Å². The van der Waals surface area contributed by atoms with Crippen molar-refractivity contribution in [2.45, 2.75) is 47.1 Å². The highest BCUT2D eigenvalue weighted by atomic mass is 32.1. The van der Waals surface area contributed by atoms with Gasteiger partial charge in [0.05, 0.1) is 12.1 Å². The molecule has 0 bridgehead atoms. The van der Waals surface area contributed by atoms with Crippen LogP contribution in [0.1, 0.15) is 44.1 Å². The molecule has 5 heteroatoms. The second kappa shape index (κ2) is 10.2. The van der Waals surface area contributed by atoms with E-state index in [4.69, 9.17) is 0 Å². The minimum atomic E-state index is -0.0328. The smallest absolute Gasteiger partial charge is 0.268 e. The van der Waals surface area contributed by atoms with Gasteiger partial charge in [0.15, 0.2) is 0 Å². The number of benzene rings is 1. The van der Waals surface area contributed by atoms with Crippen molar-refractivity contribution in [2.24, 2.45) is 0 Å². The van der Waals surface area contributed by atoms with E-state index in [0.29, 0.717) is 11.2 Å². The lowest BCUT2D eigenvalue weighted by molar-refractivity contribution is 0.276. The molecule has 26 heavy (non-hydrogen) atoms. The summed E-state index contributed by atoms with van der Waals surface area (Å²) in [5.41, 5.74) is 3.38. The summed E-state index contributed by atoms with van der Waals surface area (Å²) in [6.45, 7) is 11.0. The van der Waals surface area contributed by atoms with Crippen LogP contribution in [-0.4, -0.2) is 28.0 Å². The van der Waals surface area contributed by atoms with E-state index in [1.165, 1.54) is 28.9 Å². The van der Waals surface area contributed by atoms with E-state index in [9.17, 15) is 4.79 Å². The minimum Gasteiger partial charge on any atom is -0.308 e. The fraction of sp³-hybridized carbons (Fsp3) is 0.429. The molecule has 0 fully saturated rings. The normalized spacial score (nSPS) is 10.8. The molecule has 1 N–H and O–H groups in total. The molecule has 0 saturated heterocycles. The van der Waals surface area contributed by atoms with Crippen molar-refractivity contribution < 1.29 is 0 Å². The number of hydrogen-bond acceptors (Lipinski definition) is 4. The Morgan fingerprint density at radius 1 is 1.12 bits per heavy atom. The van der Waals surface area contributed by atoms with Crippen molar-refractivity contribution in [3.63, 3.8) is 0 Å². The molecule has 0 atom stereocenters. The van der Waals surface area contributed by atoms with Gasteiger partial charge in [0.25, 0.3) is 5.56 Å². The molecule has 0 saturated carbocycles. The third-order valence-corrected chi connectivity index (χ3v) is 4.92. The van der Waals surface area contributed by atoms with Gasteiger partial charge in [0, 0.05) is 6.54 Å². The Hall–Kier alpha value is -1.98. The molecule has 0 aliphatic heterocycles. The lowest BCUT2D eigenvalue weighted by atomic mass is 10.1. The van der Waals surface area contributed by atoms with Crippen LogP contribution in [0.2, 0.25) is 0 Å². The maximum atomic E-state index is 12.0. The largest absolute Gasteiger partial charge is 0.308 e. The van der Waals surface area contributed by atoms with E-state index in [-0.39, 0.29) is 5.56 Å². The van der Waals surface area contributed by atoms with Gasteiger partial charge in [-0.25, -0.2) is 4.98 Å². The first-order valence-electron chi connectivity index (χ1n) is 9.31. The number of aromatic nitrogens is 2. The summed E-state index contributed by atoms with van der Waals surface area (Å²) >= 11 is 1.44. The Balaban J connectivity index is 0.000000758. The highest BCUT2D eigenvalue weighted by Crippen LogP contribution is 2.14. The maximum Gasteiger partial charge on any atom is 0.268 e. The first-order chi connectivity index (χ1) is 12.6. The summed E-state index contributed by atoms with van der Waals surface area (Å²) in [4.78, 5) is 21.8. The summed E-state index contributed by atoms with van der Waals surface area (Å²) < 4.78 is 0.705. The van der Waals surface area contributed by atoms with Crippen molar-refractivity contribution in [2.75, 3.05) is 13.1 Å². The standard InChI is InChI=1S/C18H21N3OS.C3H8/c1-3-21(10-8-14-6-4-13(2)5-7-14)12-16-19-15-9-11-23-17(15)18(22)20-16;1-3-2/h4-7,9,11H,3,8,10,12H2,1-2H3,(H,19,20,22);3H2,1-2H3. The minimum absolute atomic E-state index is 0.0328. The molecule has 0 spiro atoms. The molecule has 0 radical (unpaired) electrons. The number of hydrogen-bond donors (Lipinski definition) is 1. The number of likely N-dealkylation sites (N-methyl/N-ethyl adjacent to an activating group) is 1. The molecule has 0 amide bonds. The van der Waals surface area contributed by atoms with Gasteiger partial charge >= 0.3 is 0 Å². The molecular formula is C21H29N3OS. The third kappa shape index (κ3) is 5.78. The van der Waals surface area contributed by atoms with Crippen molar-refractivity contribution in [3.05, 3.63) is 63.0 Å². The van der Waals surface area contributed by atoms with Crippen molar-refractivity contribution in [3.8, 4) is 0 Å². The van der Waals surface area contributed by atoms with Crippen LogP contribution in [0.25, 0.3) is 10.2 Å². The number of aryl methyl sites for hydroxylation is 1. The number of H-pyrrole nitrogens is 1. The number of aromatic amines is 1. The molecule has 3 aromatic rings. The van der Waals surface area contributed by atoms with E-state index < -0.39 is 0 Å². The van der Waals surface area contributed by atoms with Gasteiger partial charge in [-0.15, -0.1) is 11.3 Å². The van der Waals surface area contributed by atoms with Gasteiger partial charge in [-0.05, 0) is 36.9 Å². The zero-order valence-corrected chi connectivity index (χ0v) is 17.0. The third-order valence-electron chi connectivity index (χ3n) is 4.02. The summed E-state index contributed by atoms with van der Waals surface area (Å²) in [6.07, 6.45) is 2.25. The fourth-order valence-corrected chi connectivity index (χ4v) is 3.32. The fourth-order valence-electron chi connectivity index (χ4n) is 2.60. The number of thiophene rings is 1. The first-order valence-corrected chi connectivity index (χ1v) is 10.2. The quantitative estimate of drug-likeness (QED) is 0.679.